The number of rotatable bonds is 2. The number of fused-ring (bicyclic) bond motifs is 1. The minimum atomic E-state index is -0.928. The van der Waals surface area contributed by atoms with Crippen LogP contribution in [0.5, 0.6) is 0 Å². The standard InChI is InChI=1S/C12H12O5/c1-16-11(14)8-6-4-3-5-7(6)9(10(8)13)12(15)17-2/h3-4,6,8H,5H2,1-2H3/t6-,8-/m1/s1. The van der Waals surface area contributed by atoms with Crippen LogP contribution in [-0.4, -0.2) is 31.9 Å². The van der Waals surface area contributed by atoms with Crippen LogP contribution in [0.25, 0.3) is 0 Å². The number of ether oxygens (including phenoxy) is 2. The van der Waals surface area contributed by atoms with Crippen molar-refractivity contribution in [2.75, 3.05) is 14.2 Å². The van der Waals surface area contributed by atoms with E-state index in [2.05, 4.69) is 9.47 Å². The molecular weight excluding hydrogens is 224 g/mol. The molecule has 0 aromatic carbocycles. The van der Waals surface area contributed by atoms with Crippen LogP contribution in [0.3, 0.4) is 0 Å². The van der Waals surface area contributed by atoms with Gasteiger partial charge in [-0.15, -0.1) is 0 Å². The lowest BCUT2D eigenvalue weighted by Gasteiger charge is -2.11. The summed E-state index contributed by atoms with van der Waals surface area (Å²) in [5, 5.41) is 0. The van der Waals surface area contributed by atoms with Gasteiger partial charge in [-0.3, -0.25) is 9.59 Å². The maximum Gasteiger partial charge on any atom is 0.341 e. The van der Waals surface area contributed by atoms with E-state index in [1.807, 2.05) is 6.08 Å². The van der Waals surface area contributed by atoms with Crippen LogP contribution in [0.15, 0.2) is 23.3 Å². The second-order valence-corrected chi connectivity index (χ2v) is 3.91. The molecule has 2 aliphatic rings. The van der Waals surface area contributed by atoms with E-state index in [-0.39, 0.29) is 11.5 Å². The molecule has 0 radical (unpaired) electrons. The number of carbonyl (C=O) groups is 3. The Morgan fingerprint density at radius 3 is 2.59 bits per heavy atom. The van der Waals surface area contributed by atoms with E-state index in [0.717, 1.165) is 0 Å². The van der Waals surface area contributed by atoms with Gasteiger partial charge >= 0.3 is 11.9 Å². The monoisotopic (exact) mass is 236 g/mol. The smallest absolute Gasteiger partial charge is 0.341 e. The van der Waals surface area contributed by atoms with E-state index in [0.29, 0.717) is 12.0 Å². The summed E-state index contributed by atoms with van der Waals surface area (Å²) in [7, 11) is 2.44. The van der Waals surface area contributed by atoms with E-state index in [4.69, 9.17) is 0 Å². The van der Waals surface area contributed by atoms with Crippen molar-refractivity contribution < 1.29 is 23.9 Å². The third-order valence-electron chi connectivity index (χ3n) is 3.14. The fourth-order valence-electron chi connectivity index (χ4n) is 2.37. The number of hydrogen-bond acceptors (Lipinski definition) is 5. The molecule has 0 heterocycles. The third kappa shape index (κ3) is 1.58. The Balaban J connectivity index is 2.41. The summed E-state index contributed by atoms with van der Waals surface area (Å²) in [6.45, 7) is 0. The van der Waals surface area contributed by atoms with E-state index >= 15 is 0 Å². The predicted molar refractivity (Wildman–Crippen MR) is 56.8 cm³/mol. The van der Waals surface area contributed by atoms with Gasteiger partial charge in [0.1, 0.15) is 11.5 Å². The van der Waals surface area contributed by atoms with Crippen molar-refractivity contribution >= 4 is 17.7 Å². The lowest BCUT2D eigenvalue weighted by molar-refractivity contribution is -0.149. The highest BCUT2D eigenvalue weighted by Gasteiger charge is 2.49. The molecular formula is C12H12O5. The molecule has 0 amide bonds. The van der Waals surface area contributed by atoms with Gasteiger partial charge in [0.05, 0.1) is 14.2 Å². The quantitative estimate of drug-likeness (QED) is 0.300. The van der Waals surface area contributed by atoms with Crippen LogP contribution in [-0.2, 0) is 23.9 Å². The summed E-state index contributed by atoms with van der Waals surface area (Å²) in [6.07, 6.45) is 4.12. The first-order valence-corrected chi connectivity index (χ1v) is 5.21. The summed E-state index contributed by atoms with van der Waals surface area (Å²) in [6, 6.07) is 0. The Hall–Kier alpha value is -1.91. The van der Waals surface area contributed by atoms with Crippen molar-refractivity contribution in [1.82, 2.24) is 0 Å². The second-order valence-electron chi connectivity index (χ2n) is 3.91. The number of esters is 2. The van der Waals surface area contributed by atoms with Gasteiger partial charge in [0.25, 0.3) is 0 Å². The lowest BCUT2D eigenvalue weighted by atomic mass is 9.93. The van der Waals surface area contributed by atoms with Gasteiger partial charge in [-0.1, -0.05) is 12.2 Å². The molecule has 2 aliphatic carbocycles. The van der Waals surface area contributed by atoms with Gasteiger partial charge in [-0.2, -0.15) is 0 Å². The van der Waals surface area contributed by atoms with Crippen molar-refractivity contribution in [2.45, 2.75) is 6.42 Å². The number of methoxy groups -OCH3 is 2. The molecule has 0 saturated carbocycles. The number of hydrogen-bond donors (Lipinski definition) is 0. The highest BCUT2D eigenvalue weighted by Crippen LogP contribution is 2.42. The zero-order valence-corrected chi connectivity index (χ0v) is 9.56. The number of Topliss-reactive ketones (excluding diaryl/α,β-unsaturated/α-hetero) is 1. The summed E-state index contributed by atoms with van der Waals surface area (Å²) in [5.74, 6) is -3.05. The lowest BCUT2D eigenvalue weighted by Crippen LogP contribution is -2.28. The summed E-state index contributed by atoms with van der Waals surface area (Å²) >= 11 is 0. The normalized spacial score (nSPS) is 26.1. The minimum absolute atomic E-state index is 0.0119. The highest BCUT2D eigenvalue weighted by molar-refractivity contribution is 6.25. The Morgan fingerprint density at radius 1 is 1.29 bits per heavy atom. The molecule has 17 heavy (non-hydrogen) atoms. The van der Waals surface area contributed by atoms with Crippen molar-refractivity contribution in [3.8, 4) is 0 Å². The molecule has 90 valence electrons. The molecule has 5 heteroatoms. The number of allylic oxidation sites excluding steroid dienone is 3. The van der Waals surface area contributed by atoms with Crippen LogP contribution in [0.1, 0.15) is 6.42 Å². The average molecular weight is 236 g/mol. The van der Waals surface area contributed by atoms with Gasteiger partial charge < -0.3 is 9.47 Å². The molecule has 0 fully saturated rings. The topological polar surface area (TPSA) is 69.7 Å². The molecule has 5 nitrogen and oxygen atoms in total. The molecule has 0 aromatic heterocycles. The molecule has 0 unspecified atom stereocenters. The highest BCUT2D eigenvalue weighted by atomic mass is 16.5. The minimum Gasteiger partial charge on any atom is -0.468 e. The maximum absolute atomic E-state index is 12.0. The molecule has 2 atom stereocenters. The summed E-state index contributed by atoms with van der Waals surface area (Å²) in [4.78, 5) is 35.1. The van der Waals surface area contributed by atoms with Crippen molar-refractivity contribution in [1.29, 1.82) is 0 Å². The molecule has 2 rings (SSSR count). The number of carbonyl (C=O) groups excluding carboxylic acids is 3. The first kappa shape index (κ1) is 11.6. The SMILES string of the molecule is COC(=O)C1=C2CC=C[C@H]2[C@@H](C(=O)OC)C1=O. The summed E-state index contributed by atoms with van der Waals surface area (Å²) < 4.78 is 9.18. The molecule has 0 spiro atoms. The fourth-order valence-corrected chi connectivity index (χ4v) is 2.37. The maximum atomic E-state index is 12.0. The van der Waals surface area contributed by atoms with Crippen LogP contribution in [0.2, 0.25) is 0 Å². The van der Waals surface area contributed by atoms with E-state index in [9.17, 15) is 14.4 Å². The zero-order valence-electron chi connectivity index (χ0n) is 9.56. The molecule has 0 aliphatic heterocycles. The van der Waals surface area contributed by atoms with Crippen LogP contribution < -0.4 is 0 Å². The largest absolute Gasteiger partial charge is 0.468 e. The van der Waals surface area contributed by atoms with Crippen molar-refractivity contribution in [3.05, 3.63) is 23.3 Å². The third-order valence-corrected chi connectivity index (χ3v) is 3.14. The van der Waals surface area contributed by atoms with E-state index in [1.165, 1.54) is 14.2 Å². The first-order valence-electron chi connectivity index (χ1n) is 5.21. The zero-order chi connectivity index (χ0) is 12.6. The Bertz CT molecular complexity index is 458. The Morgan fingerprint density at radius 2 is 2.00 bits per heavy atom. The molecule has 0 aromatic rings. The van der Waals surface area contributed by atoms with Crippen molar-refractivity contribution in [2.24, 2.45) is 11.8 Å². The first-order chi connectivity index (χ1) is 8.11. The van der Waals surface area contributed by atoms with Crippen molar-refractivity contribution in [3.63, 3.8) is 0 Å². The van der Waals surface area contributed by atoms with Gasteiger partial charge in [0.15, 0.2) is 5.78 Å². The predicted octanol–water partition coefficient (Wildman–Crippen LogP) is 0.404. The second kappa shape index (κ2) is 4.16. The van der Waals surface area contributed by atoms with Gasteiger partial charge in [-0.05, 0) is 12.0 Å². The Kier molecular flexibility index (Phi) is 2.83. The van der Waals surface area contributed by atoms with E-state index in [1.54, 1.807) is 6.08 Å². The van der Waals surface area contributed by atoms with Gasteiger partial charge in [-0.25, -0.2) is 4.79 Å². The van der Waals surface area contributed by atoms with Crippen LogP contribution in [0.4, 0.5) is 0 Å². The Labute approximate surface area is 98.1 Å². The average Bonchev–Trinajstić information content (AvgIpc) is 2.86. The van der Waals surface area contributed by atoms with Crippen LogP contribution in [0, 0.1) is 11.8 Å². The molecule has 0 saturated heterocycles. The van der Waals surface area contributed by atoms with E-state index < -0.39 is 23.6 Å². The molecule has 0 bridgehead atoms. The summed E-state index contributed by atoms with van der Waals surface area (Å²) in [5.41, 5.74) is 0.676. The fraction of sp³-hybridized carbons (Fsp3) is 0.417. The molecule has 0 N–H and O–H groups in total. The number of ketones is 1. The van der Waals surface area contributed by atoms with Gasteiger partial charge in [0, 0.05) is 5.92 Å². The van der Waals surface area contributed by atoms with Gasteiger partial charge in [0.2, 0.25) is 0 Å². The van der Waals surface area contributed by atoms with Crippen LogP contribution >= 0.6 is 0 Å².